The van der Waals surface area contributed by atoms with E-state index in [-0.39, 0.29) is 34.6 Å². The van der Waals surface area contributed by atoms with Crippen molar-refractivity contribution in [3.63, 3.8) is 0 Å². The predicted molar refractivity (Wildman–Crippen MR) is 142 cm³/mol. The molecular formula is C28H30N4O6. The third kappa shape index (κ3) is 4.93. The van der Waals surface area contributed by atoms with Crippen molar-refractivity contribution in [2.45, 2.75) is 25.3 Å². The van der Waals surface area contributed by atoms with Crippen LogP contribution in [0.1, 0.15) is 34.0 Å². The Bertz CT molecular complexity index is 1440. The van der Waals surface area contributed by atoms with Gasteiger partial charge in [0, 0.05) is 55.5 Å². The number of benzene rings is 2. The zero-order chi connectivity index (χ0) is 26.8. The molecule has 5 rings (SSSR count). The van der Waals surface area contributed by atoms with Gasteiger partial charge in [-0.2, -0.15) is 0 Å². The zero-order valence-electron chi connectivity index (χ0n) is 21.4. The minimum Gasteiger partial charge on any atom is -0.493 e. The van der Waals surface area contributed by atoms with Crippen molar-refractivity contribution in [3.05, 3.63) is 91.9 Å². The van der Waals surface area contributed by atoms with E-state index in [1.54, 1.807) is 38.5 Å². The highest BCUT2D eigenvalue weighted by molar-refractivity contribution is 5.95. The Hall–Kier alpha value is -4.34. The third-order valence-corrected chi connectivity index (χ3v) is 7.40. The van der Waals surface area contributed by atoms with Gasteiger partial charge in [0.2, 0.25) is 0 Å². The minimum atomic E-state index is -0.432. The number of hydrogen-bond donors (Lipinski definition) is 1. The zero-order valence-corrected chi connectivity index (χ0v) is 21.4. The fourth-order valence-electron chi connectivity index (χ4n) is 5.63. The summed E-state index contributed by atoms with van der Waals surface area (Å²) in [6, 6.07) is 15.5. The molecule has 10 nitrogen and oxygen atoms in total. The maximum absolute atomic E-state index is 12.8. The number of amides is 1. The van der Waals surface area contributed by atoms with Crippen molar-refractivity contribution in [2.24, 2.45) is 5.92 Å². The Morgan fingerprint density at radius 1 is 1.05 bits per heavy atom. The van der Waals surface area contributed by atoms with E-state index in [0.29, 0.717) is 49.8 Å². The number of piperidine rings is 1. The van der Waals surface area contributed by atoms with Crippen LogP contribution in [0.2, 0.25) is 0 Å². The lowest BCUT2D eigenvalue weighted by molar-refractivity contribution is -0.384. The van der Waals surface area contributed by atoms with Gasteiger partial charge in [-0.1, -0.05) is 12.1 Å². The molecule has 0 saturated carbocycles. The van der Waals surface area contributed by atoms with Crippen LogP contribution in [0.5, 0.6) is 11.5 Å². The lowest BCUT2D eigenvalue weighted by atomic mass is 9.83. The van der Waals surface area contributed by atoms with Gasteiger partial charge in [-0.25, -0.2) is 0 Å². The van der Waals surface area contributed by atoms with Crippen LogP contribution in [-0.4, -0.2) is 49.3 Å². The van der Waals surface area contributed by atoms with Crippen LogP contribution >= 0.6 is 0 Å². The summed E-state index contributed by atoms with van der Waals surface area (Å²) in [5, 5.41) is 14.9. The van der Waals surface area contributed by atoms with Crippen molar-refractivity contribution >= 4 is 17.3 Å². The Morgan fingerprint density at radius 2 is 1.87 bits per heavy atom. The summed E-state index contributed by atoms with van der Waals surface area (Å²) in [7, 11) is 3.14. The molecule has 3 aromatic rings. The molecule has 2 unspecified atom stereocenters. The van der Waals surface area contributed by atoms with Gasteiger partial charge in [0.15, 0.2) is 11.5 Å². The SMILES string of the molecule is COc1ccc(CCNC(=O)c2ccc(N3CC4CC(C3)c3cccc(=O)n3C4)c([N+](=O)[O-])c2)cc1OC. The molecule has 1 fully saturated rings. The van der Waals surface area contributed by atoms with Gasteiger partial charge in [0.25, 0.3) is 17.2 Å². The molecule has 198 valence electrons. The van der Waals surface area contributed by atoms with Crippen LogP contribution in [0.25, 0.3) is 0 Å². The smallest absolute Gasteiger partial charge is 0.293 e. The molecule has 1 aromatic heterocycles. The van der Waals surface area contributed by atoms with E-state index >= 15 is 0 Å². The van der Waals surface area contributed by atoms with Crippen LogP contribution in [0.3, 0.4) is 0 Å². The summed E-state index contributed by atoms with van der Waals surface area (Å²) < 4.78 is 12.4. The standard InChI is InChI=1S/C28H30N4O6/c1-37-25-9-6-18(13-26(25)38-2)10-11-29-28(34)20-7-8-23(24(14-20)32(35)36)30-15-19-12-21(17-30)22-4-3-5-27(33)31(22)16-19/h3-9,13-14,19,21H,10-12,15-17H2,1-2H3,(H,29,34). The second-order valence-electron chi connectivity index (χ2n) is 9.76. The van der Waals surface area contributed by atoms with E-state index in [9.17, 15) is 19.7 Å². The van der Waals surface area contributed by atoms with E-state index in [0.717, 1.165) is 17.7 Å². The van der Waals surface area contributed by atoms with Gasteiger partial charge in [-0.15, -0.1) is 0 Å². The fraction of sp³-hybridized carbons (Fsp3) is 0.357. The Balaban J connectivity index is 1.29. The molecule has 1 amide bonds. The number of aromatic nitrogens is 1. The lowest BCUT2D eigenvalue weighted by Crippen LogP contribution is -2.47. The van der Waals surface area contributed by atoms with Gasteiger partial charge in [-0.05, 0) is 54.7 Å². The highest BCUT2D eigenvalue weighted by Crippen LogP contribution is 2.39. The average molecular weight is 519 g/mol. The van der Waals surface area contributed by atoms with Crippen LogP contribution < -0.4 is 25.2 Å². The first-order valence-electron chi connectivity index (χ1n) is 12.6. The summed E-state index contributed by atoms with van der Waals surface area (Å²) in [5.41, 5.74) is 2.58. The molecule has 10 heteroatoms. The second-order valence-corrected chi connectivity index (χ2v) is 9.76. The summed E-state index contributed by atoms with van der Waals surface area (Å²) >= 11 is 0. The number of nitro groups is 1. The van der Waals surface area contributed by atoms with Gasteiger partial charge in [-0.3, -0.25) is 19.7 Å². The first kappa shape index (κ1) is 25.3. The van der Waals surface area contributed by atoms with Gasteiger partial charge in [0.1, 0.15) is 5.69 Å². The van der Waals surface area contributed by atoms with Crippen LogP contribution in [0, 0.1) is 16.0 Å². The number of carbonyl (C=O) groups is 1. The molecule has 2 bridgehead atoms. The molecular weight excluding hydrogens is 488 g/mol. The number of fused-ring (bicyclic) bond motifs is 4. The van der Waals surface area contributed by atoms with Gasteiger partial charge < -0.3 is 24.3 Å². The van der Waals surface area contributed by atoms with Crippen molar-refractivity contribution in [1.82, 2.24) is 9.88 Å². The number of rotatable bonds is 8. The van der Waals surface area contributed by atoms with Crippen LogP contribution in [0.4, 0.5) is 11.4 Å². The topological polar surface area (TPSA) is 116 Å². The number of hydrogen-bond acceptors (Lipinski definition) is 7. The first-order valence-corrected chi connectivity index (χ1v) is 12.6. The number of anilines is 1. The fourth-order valence-corrected chi connectivity index (χ4v) is 5.63. The van der Waals surface area contributed by atoms with E-state index in [4.69, 9.17) is 9.47 Å². The summed E-state index contributed by atoms with van der Waals surface area (Å²) in [5.74, 6) is 1.21. The molecule has 2 aliphatic heterocycles. The molecule has 0 spiro atoms. The largest absolute Gasteiger partial charge is 0.493 e. The molecule has 1 N–H and O–H groups in total. The van der Waals surface area contributed by atoms with Gasteiger partial charge >= 0.3 is 0 Å². The molecule has 3 heterocycles. The molecule has 2 aliphatic rings. The van der Waals surface area contributed by atoms with Crippen molar-refractivity contribution in [1.29, 1.82) is 0 Å². The number of ether oxygens (including phenoxy) is 2. The molecule has 2 aromatic carbocycles. The highest BCUT2D eigenvalue weighted by Gasteiger charge is 2.36. The Labute approximate surface area is 219 Å². The Kier molecular flexibility index (Phi) is 7.04. The van der Waals surface area contributed by atoms with E-state index in [2.05, 4.69) is 5.32 Å². The summed E-state index contributed by atoms with van der Waals surface area (Å²) in [6.45, 7) is 2.17. The normalized spacial score (nSPS) is 17.9. The molecule has 2 atom stereocenters. The average Bonchev–Trinajstić information content (AvgIpc) is 2.93. The molecule has 0 radical (unpaired) electrons. The highest BCUT2D eigenvalue weighted by atomic mass is 16.6. The number of nitro benzene ring substituents is 1. The van der Waals surface area contributed by atoms with E-state index in [1.807, 2.05) is 33.7 Å². The number of carbonyl (C=O) groups excluding carboxylic acids is 1. The van der Waals surface area contributed by atoms with Crippen molar-refractivity contribution in [3.8, 4) is 11.5 Å². The summed E-state index contributed by atoms with van der Waals surface area (Å²) in [4.78, 5) is 38.8. The first-order chi connectivity index (χ1) is 18.4. The number of nitrogens with zero attached hydrogens (tertiary/aromatic N) is 3. The molecule has 38 heavy (non-hydrogen) atoms. The second kappa shape index (κ2) is 10.6. The van der Waals surface area contributed by atoms with E-state index in [1.165, 1.54) is 6.07 Å². The molecule has 1 saturated heterocycles. The predicted octanol–water partition coefficient (Wildman–Crippen LogP) is 3.37. The van der Waals surface area contributed by atoms with E-state index < -0.39 is 4.92 Å². The number of methoxy groups -OCH3 is 2. The Morgan fingerprint density at radius 3 is 2.63 bits per heavy atom. The number of pyridine rings is 1. The summed E-state index contributed by atoms with van der Waals surface area (Å²) in [6.07, 6.45) is 1.52. The molecule has 0 aliphatic carbocycles. The lowest BCUT2D eigenvalue weighted by Gasteiger charge is -2.43. The van der Waals surface area contributed by atoms with Gasteiger partial charge in [0.05, 0.1) is 19.1 Å². The third-order valence-electron chi connectivity index (χ3n) is 7.40. The van der Waals surface area contributed by atoms with Crippen LogP contribution in [-0.2, 0) is 13.0 Å². The monoisotopic (exact) mass is 518 g/mol. The maximum atomic E-state index is 12.8. The van der Waals surface area contributed by atoms with Crippen molar-refractivity contribution in [2.75, 3.05) is 38.8 Å². The minimum absolute atomic E-state index is 0.00174. The quantitative estimate of drug-likeness (QED) is 0.359. The van der Waals surface area contributed by atoms with Crippen molar-refractivity contribution < 1.29 is 19.2 Å². The van der Waals surface area contributed by atoms with Crippen LogP contribution in [0.15, 0.2) is 59.4 Å². The number of nitrogens with one attached hydrogen (secondary N) is 1. The maximum Gasteiger partial charge on any atom is 0.293 e.